The molecule has 0 aliphatic carbocycles. The normalized spacial score (nSPS) is 11.4. The molecule has 5 nitrogen and oxygen atoms in total. The van der Waals surface area contributed by atoms with Crippen LogP contribution in [0.25, 0.3) is 0 Å². The fourth-order valence-corrected chi connectivity index (χ4v) is 1.94. The summed E-state index contributed by atoms with van der Waals surface area (Å²) in [4.78, 5) is 20.2. The van der Waals surface area contributed by atoms with Crippen LogP contribution in [0.15, 0.2) is 6.07 Å². The van der Waals surface area contributed by atoms with Gasteiger partial charge in [-0.15, -0.1) is 0 Å². The number of nitrogens with one attached hydrogen (secondary N) is 1. The summed E-state index contributed by atoms with van der Waals surface area (Å²) < 4.78 is 0. The van der Waals surface area contributed by atoms with Crippen LogP contribution in [0.1, 0.15) is 44.5 Å². The lowest BCUT2D eigenvalue weighted by Gasteiger charge is -2.23. The van der Waals surface area contributed by atoms with Crippen LogP contribution in [0.5, 0.6) is 0 Å². The number of carbonyl (C=O) groups is 1. The molecule has 1 heterocycles. The van der Waals surface area contributed by atoms with E-state index in [9.17, 15) is 4.79 Å². The number of hydrogen-bond acceptors (Lipinski definition) is 4. The topological polar surface area (TPSA) is 80.9 Å². The quantitative estimate of drug-likeness (QED) is 0.825. The van der Waals surface area contributed by atoms with Gasteiger partial charge in [0, 0.05) is 17.8 Å². The van der Waals surface area contributed by atoms with Gasteiger partial charge in [0.1, 0.15) is 0 Å². The fraction of sp³-hybridized carbons (Fsp3) is 0.643. The Balaban J connectivity index is 2.51. The van der Waals surface area contributed by atoms with Crippen molar-refractivity contribution in [3.63, 3.8) is 0 Å². The van der Waals surface area contributed by atoms with Gasteiger partial charge in [-0.3, -0.25) is 10.1 Å². The summed E-state index contributed by atoms with van der Waals surface area (Å²) in [6.45, 7) is 8.67. The molecule has 1 aromatic heterocycles. The van der Waals surface area contributed by atoms with Gasteiger partial charge >= 0.3 is 0 Å². The van der Waals surface area contributed by atoms with Crippen LogP contribution in [-0.2, 0) is 4.79 Å². The molecule has 0 aliphatic heterocycles. The second-order valence-electron chi connectivity index (χ2n) is 5.73. The lowest BCUT2D eigenvalue weighted by atomic mass is 9.84. The van der Waals surface area contributed by atoms with E-state index in [0.29, 0.717) is 18.9 Å². The average Bonchev–Trinajstić information content (AvgIpc) is 2.25. The highest BCUT2D eigenvalue weighted by atomic mass is 16.1. The summed E-state index contributed by atoms with van der Waals surface area (Å²) in [5.41, 5.74) is 7.36. The van der Waals surface area contributed by atoms with Gasteiger partial charge in [-0.2, -0.15) is 0 Å². The molecule has 0 aromatic carbocycles. The Morgan fingerprint density at radius 1 is 1.26 bits per heavy atom. The Bertz CT molecular complexity index is 423. The summed E-state index contributed by atoms with van der Waals surface area (Å²) in [6, 6.07) is 1.88. The number of nitrogens with two attached hydrogens (primary N) is 1. The zero-order valence-corrected chi connectivity index (χ0v) is 12.3. The number of hydrogen-bond donors (Lipinski definition) is 2. The smallest absolute Gasteiger partial charge is 0.229 e. The first-order valence-electron chi connectivity index (χ1n) is 6.64. The highest BCUT2D eigenvalue weighted by Crippen LogP contribution is 2.25. The summed E-state index contributed by atoms with van der Waals surface area (Å²) in [7, 11) is 0. The number of aromatic nitrogens is 2. The van der Waals surface area contributed by atoms with Gasteiger partial charge < -0.3 is 5.73 Å². The third kappa shape index (κ3) is 5.79. The van der Waals surface area contributed by atoms with E-state index < -0.39 is 0 Å². The molecule has 0 radical (unpaired) electrons. The molecule has 0 bridgehead atoms. The number of anilines is 1. The van der Waals surface area contributed by atoms with Gasteiger partial charge in [-0.05, 0) is 44.7 Å². The molecule has 0 saturated carbocycles. The van der Waals surface area contributed by atoms with Crippen LogP contribution < -0.4 is 11.1 Å². The van der Waals surface area contributed by atoms with Crippen molar-refractivity contribution >= 4 is 11.9 Å². The van der Waals surface area contributed by atoms with Crippen molar-refractivity contribution in [1.82, 2.24) is 9.97 Å². The Hall–Kier alpha value is -1.49. The van der Waals surface area contributed by atoms with E-state index in [2.05, 4.69) is 29.1 Å². The van der Waals surface area contributed by atoms with Crippen molar-refractivity contribution in [1.29, 1.82) is 0 Å². The van der Waals surface area contributed by atoms with Crippen LogP contribution in [0.4, 0.5) is 5.95 Å². The molecule has 19 heavy (non-hydrogen) atoms. The molecule has 106 valence electrons. The number of rotatable bonds is 6. The fourth-order valence-electron chi connectivity index (χ4n) is 1.94. The lowest BCUT2D eigenvalue weighted by Crippen LogP contribution is -2.21. The molecule has 1 rings (SSSR count). The summed E-state index contributed by atoms with van der Waals surface area (Å²) in [6.07, 6.45) is 2.19. The second kappa shape index (κ2) is 6.61. The summed E-state index contributed by atoms with van der Waals surface area (Å²) in [5.74, 6) is 0.342. The summed E-state index contributed by atoms with van der Waals surface area (Å²) in [5, 5.41) is 2.75. The van der Waals surface area contributed by atoms with E-state index in [1.54, 1.807) is 0 Å². The van der Waals surface area contributed by atoms with Crippen molar-refractivity contribution in [2.24, 2.45) is 11.1 Å². The van der Waals surface area contributed by atoms with Gasteiger partial charge in [0.25, 0.3) is 0 Å². The van der Waals surface area contributed by atoms with Crippen LogP contribution in [0.2, 0.25) is 0 Å². The van der Waals surface area contributed by atoms with Gasteiger partial charge in [0.2, 0.25) is 11.9 Å². The van der Waals surface area contributed by atoms with E-state index in [4.69, 9.17) is 5.73 Å². The maximum Gasteiger partial charge on any atom is 0.229 e. The highest BCUT2D eigenvalue weighted by molar-refractivity contribution is 5.88. The van der Waals surface area contributed by atoms with Crippen molar-refractivity contribution in [2.45, 2.75) is 47.0 Å². The summed E-state index contributed by atoms with van der Waals surface area (Å²) >= 11 is 0. The van der Waals surface area contributed by atoms with E-state index in [1.165, 1.54) is 0 Å². The number of nitrogens with zero attached hydrogens (tertiary/aromatic N) is 2. The molecule has 0 spiro atoms. The molecule has 0 aliphatic rings. The molecule has 0 fully saturated rings. The molecule has 0 atom stereocenters. The molecule has 1 amide bonds. The predicted octanol–water partition coefficient (Wildman–Crippen LogP) is 2.19. The molecule has 5 heteroatoms. The standard InChI is InChI=1S/C14H24N4O/c1-10-9-11(2)17-13(16-10)18-12(19)5-6-14(3,4)7-8-15/h9H,5-8,15H2,1-4H3,(H,16,17,18,19). The third-order valence-electron chi connectivity index (χ3n) is 3.08. The van der Waals surface area contributed by atoms with Gasteiger partial charge in [0.05, 0.1) is 0 Å². The first-order chi connectivity index (χ1) is 8.82. The molecule has 0 unspecified atom stereocenters. The van der Waals surface area contributed by atoms with Gasteiger partial charge in [0.15, 0.2) is 0 Å². The number of amides is 1. The number of aryl methyl sites for hydroxylation is 2. The molecular weight excluding hydrogens is 240 g/mol. The Morgan fingerprint density at radius 2 is 1.84 bits per heavy atom. The van der Waals surface area contributed by atoms with Crippen molar-refractivity contribution in [3.8, 4) is 0 Å². The first kappa shape index (κ1) is 15.6. The minimum absolute atomic E-state index is 0.0462. The zero-order valence-electron chi connectivity index (χ0n) is 12.3. The monoisotopic (exact) mass is 264 g/mol. The third-order valence-corrected chi connectivity index (χ3v) is 3.08. The van der Waals surface area contributed by atoms with E-state index in [1.807, 2.05) is 19.9 Å². The van der Waals surface area contributed by atoms with Gasteiger partial charge in [-0.1, -0.05) is 13.8 Å². The zero-order chi connectivity index (χ0) is 14.5. The molecule has 3 N–H and O–H groups in total. The minimum atomic E-state index is -0.0462. The second-order valence-corrected chi connectivity index (χ2v) is 5.73. The van der Waals surface area contributed by atoms with Crippen molar-refractivity contribution in [3.05, 3.63) is 17.5 Å². The van der Waals surface area contributed by atoms with E-state index in [0.717, 1.165) is 24.2 Å². The molecule has 1 aromatic rings. The minimum Gasteiger partial charge on any atom is -0.330 e. The van der Waals surface area contributed by atoms with Crippen molar-refractivity contribution < 1.29 is 4.79 Å². The van der Waals surface area contributed by atoms with Crippen LogP contribution in [0, 0.1) is 19.3 Å². The van der Waals surface area contributed by atoms with E-state index >= 15 is 0 Å². The maximum atomic E-state index is 11.9. The largest absolute Gasteiger partial charge is 0.330 e. The van der Waals surface area contributed by atoms with Crippen molar-refractivity contribution in [2.75, 3.05) is 11.9 Å². The maximum absolute atomic E-state index is 11.9. The predicted molar refractivity (Wildman–Crippen MR) is 76.8 cm³/mol. The SMILES string of the molecule is Cc1cc(C)nc(NC(=O)CCC(C)(C)CCN)n1. The molecular formula is C14H24N4O. The first-order valence-corrected chi connectivity index (χ1v) is 6.64. The van der Waals surface area contributed by atoms with Crippen LogP contribution in [0.3, 0.4) is 0 Å². The Kier molecular flexibility index (Phi) is 5.42. The Labute approximate surface area is 115 Å². The van der Waals surface area contributed by atoms with Gasteiger partial charge in [-0.25, -0.2) is 9.97 Å². The average molecular weight is 264 g/mol. The van der Waals surface area contributed by atoms with Crippen LogP contribution in [-0.4, -0.2) is 22.4 Å². The lowest BCUT2D eigenvalue weighted by molar-refractivity contribution is -0.116. The van der Waals surface area contributed by atoms with E-state index in [-0.39, 0.29) is 11.3 Å². The van der Waals surface area contributed by atoms with Crippen LogP contribution >= 0.6 is 0 Å². The molecule has 0 saturated heterocycles. The number of carbonyl (C=O) groups excluding carboxylic acids is 1. The Morgan fingerprint density at radius 3 is 2.37 bits per heavy atom. The highest BCUT2D eigenvalue weighted by Gasteiger charge is 2.18.